The van der Waals surface area contributed by atoms with Crippen molar-refractivity contribution in [1.82, 2.24) is 20.2 Å². The standard InChI is InChI=1S/C25H25F4N7O2/c1-15-14-36(6-5-35(15)3)22-9-20(26)17(16-11-32-23(10-30)33-12-16)8-21(22)34-24(38)18(13-31-2)19(4-7-37)25(27,28)29/h4,7-9,11-13,15,31H,5-6,14H2,1-3H3,(H,34,38)/b18-13+,19-4+/t15-/m1/s1. The number of nitrogens with one attached hydrogen (secondary N) is 2. The number of benzene rings is 1. The molecule has 2 aromatic rings. The number of allylic oxidation sites excluding steroid dienone is 1. The molecule has 38 heavy (non-hydrogen) atoms. The number of likely N-dealkylation sites (N-methyl/N-ethyl adjacent to an activating group) is 1. The highest BCUT2D eigenvalue weighted by atomic mass is 19.4. The van der Waals surface area contributed by atoms with Gasteiger partial charge < -0.3 is 20.4 Å². The van der Waals surface area contributed by atoms with Gasteiger partial charge in [0.2, 0.25) is 5.82 Å². The van der Waals surface area contributed by atoms with Gasteiger partial charge in [0.05, 0.1) is 22.5 Å². The van der Waals surface area contributed by atoms with Crippen LogP contribution < -0.4 is 15.5 Å². The Morgan fingerprint density at radius 3 is 2.47 bits per heavy atom. The Kier molecular flexibility index (Phi) is 8.80. The number of amides is 1. The predicted octanol–water partition coefficient (Wildman–Crippen LogP) is 3.02. The van der Waals surface area contributed by atoms with Crippen LogP contribution in [0.1, 0.15) is 12.7 Å². The normalized spacial score (nSPS) is 17.1. The first-order valence-electron chi connectivity index (χ1n) is 11.4. The van der Waals surface area contributed by atoms with Crippen LogP contribution in [0.15, 0.2) is 47.9 Å². The molecule has 1 aromatic heterocycles. The van der Waals surface area contributed by atoms with E-state index in [9.17, 15) is 22.8 Å². The summed E-state index contributed by atoms with van der Waals surface area (Å²) in [5, 5.41) is 13.8. The molecule has 1 fully saturated rings. The summed E-state index contributed by atoms with van der Waals surface area (Å²) in [7, 11) is 3.24. The van der Waals surface area contributed by atoms with Crippen molar-refractivity contribution in [2.24, 2.45) is 0 Å². The molecule has 0 unspecified atom stereocenters. The van der Waals surface area contributed by atoms with Gasteiger partial charge >= 0.3 is 6.18 Å². The molecule has 0 aliphatic carbocycles. The lowest BCUT2D eigenvalue weighted by Crippen LogP contribution is -2.50. The number of rotatable bonds is 7. The van der Waals surface area contributed by atoms with Gasteiger partial charge in [-0.2, -0.15) is 18.4 Å². The number of nitriles is 1. The minimum Gasteiger partial charge on any atom is -0.393 e. The van der Waals surface area contributed by atoms with Crippen LogP contribution in [0, 0.1) is 17.1 Å². The molecule has 0 radical (unpaired) electrons. The summed E-state index contributed by atoms with van der Waals surface area (Å²) < 4.78 is 56.3. The Morgan fingerprint density at radius 2 is 1.92 bits per heavy atom. The number of carbonyl (C=O) groups excluding carboxylic acids is 2. The van der Waals surface area contributed by atoms with E-state index in [1.165, 1.54) is 31.6 Å². The molecule has 1 aliphatic rings. The van der Waals surface area contributed by atoms with Crippen LogP contribution in [0.2, 0.25) is 0 Å². The van der Waals surface area contributed by atoms with Crippen molar-refractivity contribution in [3.63, 3.8) is 0 Å². The van der Waals surface area contributed by atoms with Crippen LogP contribution in [0.5, 0.6) is 0 Å². The maximum absolute atomic E-state index is 15.3. The van der Waals surface area contributed by atoms with E-state index in [0.29, 0.717) is 19.6 Å². The second-order valence-corrected chi connectivity index (χ2v) is 8.55. The van der Waals surface area contributed by atoms with Crippen molar-refractivity contribution >= 4 is 23.6 Å². The third kappa shape index (κ3) is 6.33. The topological polar surface area (TPSA) is 114 Å². The van der Waals surface area contributed by atoms with Crippen molar-refractivity contribution in [2.75, 3.05) is 43.9 Å². The quantitative estimate of drug-likeness (QED) is 0.243. The Hall–Kier alpha value is -4.31. The summed E-state index contributed by atoms with van der Waals surface area (Å²) in [6.07, 6.45) is -1.51. The first kappa shape index (κ1) is 28.3. The number of nitrogens with zero attached hydrogens (tertiary/aromatic N) is 5. The third-order valence-corrected chi connectivity index (χ3v) is 6.06. The van der Waals surface area contributed by atoms with Gasteiger partial charge in [0.15, 0.2) is 0 Å². The van der Waals surface area contributed by atoms with Crippen molar-refractivity contribution in [1.29, 1.82) is 5.26 Å². The number of halogens is 4. The van der Waals surface area contributed by atoms with E-state index in [4.69, 9.17) is 5.26 Å². The summed E-state index contributed by atoms with van der Waals surface area (Å²) >= 11 is 0. The Labute approximate surface area is 216 Å². The van der Waals surface area contributed by atoms with Crippen LogP contribution in [-0.2, 0) is 9.59 Å². The largest absolute Gasteiger partial charge is 0.417 e. The highest BCUT2D eigenvalue weighted by Crippen LogP contribution is 2.37. The number of hydrogen-bond acceptors (Lipinski definition) is 8. The van der Waals surface area contributed by atoms with Crippen LogP contribution in [-0.4, -0.2) is 73.0 Å². The van der Waals surface area contributed by atoms with E-state index in [1.807, 2.05) is 18.9 Å². The van der Waals surface area contributed by atoms with E-state index < -0.39 is 29.0 Å². The van der Waals surface area contributed by atoms with E-state index >= 15 is 4.39 Å². The van der Waals surface area contributed by atoms with Crippen molar-refractivity contribution in [3.8, 4) is 17.2 Å². The molecule has 1 atom stereocenters. The minimum absolute atomic E-state index is 0.0330. The van der Waals surface area contributed by atoms with Gasteiger partial charge in [-0.3, -0.25) is 9.59 Å². The molecule has 3 rings (SSSR count). The molecular formula is C25H25F4N7O2. The van der Waals surface area contributed by atoms with Gasteiger partial charge in [0, 0.05) is 62.4 Å². The van der Waals surface area contributed by atoms with E-state index in [1.54, 1.807) is 6.07 Å². The first-order valence-corrected chi connectivity index (χ1v) is 11.4. The average Bonchev–Trinajstić information content (AvgIpc) is 2.88. The molecule has 1 saturated heterocycles. The van der Waals surface area contributed by atoms with Crippen LogP contribution >= 0.6 is 0 Å². The monoisotopic (exact) mass is 531 g/mol. The molecular weight excluding hydrogens is 506 g/mol. The summed E-state index contributed by atoms with van der Waals surface area (Å²) in [5.41, 5.74) is -1.81. The van der Waals surface area contributed by atoms with Crippen molar-refractivity contribution < 1.29 is 27.2 Å². The Morgan fingerprint density at radius 1 is 1.24 bits per heavy atom. The maximum atomic E-state index is 15.3. The van der Waals surface area contributed by atoms with E-state index in [-0.39, 0.29) is 46.7 Å². The average molecular weight is 532 g/mol. The first-order chi connectivity index (χ1) is 18.0. The Bertz CT molecular complexity index is 1300. The molecule has 1 aliphatic heterocycles. The van der Waals surface area contributed by atoms with E-state index in [0.717, 1.165) is 6.20 Å². The second kappa shape index (κ2) is 11.8. The molecule has 2 N–H and O–H groups in total. The molecule has 200 valence electrons. The lowest BCUT2D eigenvalue weighted by molar-refractivity contribution is -0.115. The second-order valence-electron chi connectivity index (χ2n) is 8.55. The number of piperazine rings is 1. The van der Waals surface area contributed by atoms with Crippen LogP contribution in [0.4, 0.5) is 28.9 Å². The van der Waals surface area contributed by atoms with Gasteiger partial charge in [0.25, 0.3) is 5.91 Å². The third-order valence-electron chi connectivity index (χ3n) is 6.06. The highest BCUT2D eigenvalue weighted by Gasteiger charge is 2.38. The van der Waals surface area contributed by atoms with Crippen LogP contribution in [0.25, 0.3) is 11.1 Å². The van der Waals surface area contributed by atoms with Gasteiger partial charge in [-0.25, -0.2) is 14.4 Å². The zero-order valence-electron chi connectivity index (χ0n) is 20.8. The fourth-order valence-electron chi connectivity index (χ4n) is 3.94. The zero-order chi connectivity index (χ0) is 28.0. The molecule has 13 heteroatoms. The maximum Gasteiger partial charge on any atom is 0.417 e. The molecule has 0 saturated carbocycles. The highest BCUT2D eigenvalue weighted by molar-refractivity contribution is 6.09. The number of anilines is 2. The molecule has 0 spiro atoms. The van der Waals surface area contributed by atoms with Gasteiger partial charge in [-0.1, -0.05) is 0 Å². The lowest BCUT2D eigenvalue weighted by atomic mass is 10.0. The number of alkyl halides is 3. The minimum atomic E-state index is -5.00. The molecule has 1 aromatic carbocycles. The van der Waals surface area contributed by atoms with Gasteiger partial charge in [-0.15, -0.1) is 0 Å². The smallest absolute Gasteiger partial charge is 0.393 e. The van der Waals surface area contributed by atoms with Gasteiger partial charge in [0.1, 0.15) is 18.2 Å². The van der Waals surface area contributed by atoms with Gasteiger partial charge in [-0.05, 0) is 32.2 Å². The number of aromatic nitrogens is 2. The zero-order valence-corrected chi connectivity index (χ0v) is 20.8. The van der Waals surface area contributed by atoms with Crippen LogP contribution in [0.3, 0.4) is 0 Å². The summed E-state index contributed by atoms with van der Waals surface area (Å²) in [6, 6.07) is 4.31. The number of carbonyl (C=O) groups is 2. The fraction of sp³-hybridized carbons (Fsp3) is 0.320. The lowest BCUT2D eigenvalue weighted by Gasteiger charge is -2.39. The predicted molar refractivity (Wildman–Crippen MR) is 132 cm³/mol. The fourth-order valence-corrected chi connectivity index (χ4v) is 3.94. The number of hydrogen-bond donors (Lipinski definition) is 2. The summed E-state index contributed by atoms with van der Waals surface area (Å²) in [4.78, 5) is 35.7. The SMILES string of the molecule is CN/C=C(C(=O)Nc1cc(-c2cnc(C#N)nc2)c(F)cc1N1CCN(C)[C@H](C)C1)\C(=C/C=O)C(F)(F)F. The number of aldehydes is 1. The Balaban J connectivity index is 2.12. The van der Waals surface area contributed by atoms with Crippen molar-refractivity contribution in [3.05, 3.63) is 59.6 Å². The molecule has 1 amide bonds. The summed E-state index contributed by atoms with van der Waals surface area (Å²) in [5.74, 6) is -1.98. The molecule has 0 bridgehead atoms. The summed E-state index contributed by atoms with van der Waals surface area (Å²) in [6.45, 7) is 3.54. The van der Waals surface area contributed by atoms with E-state index in [2.05, 4.69) is 25.5 Å². The van der Waals surface area contributed by atoms with Crippen molar-refractivity contribution in [2.45, 2.75) is 19.1 Å². The molecule has 9 nitrogen and oxygen atoms in total. The molecule has 2 heterocycles.